The van der Waals surface area contributed by atoms with E-state index in [0.29, 0.717) is 11.2 Å². The van der Waals surface area contributed by atoms with Crippen LogP contribution in [0.4, 0.5) is 0 Å². The normalized spacial score (nSPS) is 18.1. The summed E-state index contributed by atoms with van der Waals surface area (Å²) in [6.07, 6.45) is 7.75. The van der Waals surface area contributed by atoms with Crippen molar-refractivity contribution in [3.05, 3.63) is 29.8 Å². The van der Waals surface area contributed by atoms with Crippen LogP contribution in [0.15, 0.2) is 24.3 Å². The van der Waals surface area contributed by atoms with Gasteiger partial charge in [-0.15, -0.1) is 0 Å². The molecule has 0 radical (unpaired) electrons. The number of ether oxygens (including phenoxy) is 1. The molecular formula is C17H27NO2. The van der Waals surface area contributed by atoms with E-state index in [4.69, 9.17) is 4.74 Å². The second-order valence-corrected chi connectivity index (χ2v) is 6.07. The van der Waals surface area contributed by atoms with Gasteiger partial charge in [-0.2, -0.15) is 0 Å². The molecule has 0 heterocycles. The summed E-state index contributed by atoms with van der Waals surface area (Å²) in [6.45, 7) is 2.76. The Morgan fingerprint density at radius 1 is 1.15 bits per heavy atom. The average molecular weight is 277 g/mol. The van der Waals surface area contributed by atoms with Gasteiger partial charge in [0.15, 0.2) is 0 Å². The lowest BCUT2D eigenvalue weighted by Crippen LogP contribution is -2.39. The fourth-order valence-electron chi connectivity index (χ4n) is 3.29. The Bertz CT molecular complexity index is 382. The van der Waals surface area contributed by atoms with Crippen molar-refractivity contribution in [2.75, 3.05) is 26.8 Å². The Labute approximate surface area is 122 Å². The van der Waals surface area contributed by atoms with E-state index in [2.05, 4.69) is 17.4 Å². The minimum atomic E-state index is 0.352. The van der Waals surface area contributed by atoms with Crippen LogP contribution in [0.25, 0.3) is 0 Å². The first-order valence-corrected chi connectivity index (χ1v) is 7.72. The van der Waals surface area contributed by atoms with Crippen molar-refractivity contribution in [1.82, 2.24) is 5.32 Å². The van der Waals surface area contributed by atoms with Gasteiger partial charge in [0.1, 0.15) is 5.75 Å². The van der Waals surface area contributed by atoms with E-state index in [1.165, 1.54) is 37.7 Å². The van der Waals surface area contributed by atoms with Crippen molar-refractivity contribution in [2.24, 2.45) is 5.41 Å². The molecule has 1 aromatic carbocycles. The first-order chi connectivity index (χ1) is 9.74. The fraction of sp³-hybridized carbons (Fsp3) is 0.647. The second kappa shape index (κ2) is 7.65. The first-order valence-electron chi connectivity index (χ1n) is 7.72. The summed E-state index contributed by atoms with van der Waals surface area (Å²) in [7, 11) is 1.74. The van der Waals surface area contributed by atoms with Gasteiger partial charge in [-0.3, -0.25) is 0 Å². The lowest BCUT2D eigenvalue weighted by molar-refractivity contribution is 0.162. The molecule has 3 heteroatoms. The Hall–Kier alpha value is -1.06. The quantitative estimate of drug-likeness (QED) is 0.752. The number of aromatic hydroxyl groups is 1. The van der Waals surface area contributed by atoms with Gasteiger partial charge < -0.3 is 15.2 Å². The van der Waals surface area contributed by atoms with Crippen LogP contribution in [0.1, 0.15) is 37.7 Å². The van der Waals surface area contributed by atoms with Gasteiger partial charge in [-0.05, 0) is 42.4 Å². The van der Waals surface area contributed by atoms with Gasteiger partial charge in [0, 0.05) is 20.2 Å². The molecule has 0 saturated heterocycles. The molecule has 2 rings (SSSR count). The Morgan fingerprint density at radius 2 is 1.85 bits per heavy atom. The third-order valence-corrected chi connectivity index (χ3v) is 4.41. The van der Waals surface area contributed by atoms with Crippen LogP contribution in [-0.2, 0) is 11.2 Å². The molecule has 3 nitrogen and oxygen atoms in total. The highest BCUT2D eigenvalue weighted by Crippen LogP contribution is 2.38. The molecule has 20 heavy (non-hydrogen) atoms. The van der Waals surface area contributed by atoms with Gasteiger partial charge in [-0.25, -0.2) is 0 Å². The van der Waals surface area contributed by atoms with Crippen LogP contribution >= 0.6 is 0 Å². The second-order valence-electron chi connectivity index (χ2n) is 6.07. The molecule has 0 aromatic heterocycles. The summed E-state index contributed by atoms with van der Waals surface area (Å²) >= 11 is 0. The summed E-state index contributed by atoms with van der Waals surface area (Å²) in [6, 6.07) is 7.70. The average Bonchev–Trinajstić information content (AvgIpc) is 2.47. The predicted molar refractivity (Wildman–Crippen MR) is 82.1 cm³/mol. The van der Waals surface area contributed by atoms with Gasteiger partial charge in [0.2, 0.25) is 0 Å². The summed E-state index contributed by atoms with van der Waals surface area (Å²) in [5.41, 5.74) is 1.71. The Morgan fingerprint density at radius 3 is 2.50 bits per heavy atom. The van der Waals surface area contributed by atoms with Crippen LogP contribution < -0.4 is 5.32 Å². The third kappa shape index (κ3) is 4.50. The number of hydrogen-bond acceptors (Lipinski definition) is 3. The van der Waals surface area contributed by atoms with E-state index in [0.717, 1.165) is 26.1 Å². The summed E-state index contributed by atoms with van der Waals surface area (Å²) in [5.74, 6) is 0.352. The number of phenolic OH excluding ortho intramolecular Hbond substituents is 1. The first kappa shape index (κ1) is 15.3. The van der Waals surface area contributed by atoms with E-state index >= 15 is 0 Å². The topological polar surface area (TPSA) is 41.5 Å². The molecular weight excluding hydrogens is 250 g/mol. The monoisotopic (exact) mass is 277 g/mol. The summed E-state index contributed by atoms with van der Waals surface area (Å²) < 4.78 is 5.11. The molecule has 112 valence electrons. The Kier molecular flexibility index (Phi) is 5.86. The predicted octanol–water partition coefficient (Wildman–Crippen LogP) is 3.12. The van der Waals surface area contributed by atoms with E-state index in [1.807, 2.05) is 0 Å². The SMILES string of the molecule is COCCNCC1(Cc2ccc(O)cc2)CCCCC1. The van der Waals surface area contributed by atoms with E-state index in [-0.39, 0.29) is 0 Å². The molecule has 0 aliphatic heterocycles. The number of phenols is 1. The third-order valence-electron chi connectivity index (χ3n) is 4.41. The summed E-state index contributed by atoms with van der Waals surface area (Å²) in [5, 5.41) is 13.0. The maximum atomic E-state index is 9.40. The van der Waals surface area contributed by atoms with E-state index < -0.39 is 0 Å². The smallest absolute Gasteiger partial charge is 0.115 e. The van der Waals surface area contributed by atoms with Crippen molar-refractivity contribution in [2.45, 2.75) is 38.5 Å². The van der Waals surface area contributed by atoms with Crippen LogP contribution in [0.5, 0.6) is 5.75 Å². The molecule has 1 aliphatic rings. The van der Waals surface area contributed by atoms with Crippen molar-refractivity contribution >= 4 is 0 Å². The molecule has 0 amide bonds. The molecule has 0 atom stereocenters. The standard InChI is InChI=1S/C17H27NO2/c1-20-12-11-18-14-17(9-3-2-4-10-17)13-15-5-7-16(19)8-6-15/h5-8,18-19H,2-4,9-14H2,1H3. The lowest BCUT2D eigenvalue weighted by Gasteiger charge is -2.38. The largest absolute Gasteiger partial charge is 0.508 e. The summed E-state index contributed by atoms with van der Waals surface area (Å²) in [4.78, 5) is 0. The van der Waals surface area contributed by atoms with Gasteiger partial charge >= 0.3 is 0 Å². The van der Waals surface area contributed by atoms with E-state index in [9.17, 15) is 5.11 Å². The molecule has 2 N–H and O–H groups in total. The zero-order valence-electron chi connectivity index (χ0n) is 12.5. The molecule has 1 aromatic rings. The van der Waals surface area contributed by atoms with Crippen LogP contribution in [0, 0.1) is 5.41 Å². The van der Waals surface area contributed by atoms with Gasteiger partial charge in [0.05, 0.1) is 6.61 Å². The number of benzene rings is 1. The molecule has 0 unspecified atom stereocenters. The zero-order valence-corrected chi connectivity index (χ0v) is 12.5. The van der Waals surface area contributed by atoms with Crippen molar-refractivity contribution in [3.8, 4) is 5.75 Å². The molecule has 0 bridgehead atoms. The maximum absolute atomic E-state index is 9.40. The van der Waals surface area contributed by atoms with Crippen molar-refractivity contribution in [1.29, 1.82) is 0 Å². The van der Waals surface area contributed by atoms with Crippen LogP contribution in [0.3, 0.4) is 0 Å². The Balaban J connectivity index is 1.96. The fourth-order valence-corrected chi connectivity index (χ4v) is 3.29. The van der Waals surface area contributed by atoms with Crippen molar-refractivity contribution in [3.63, 3.8) is 0 Å². The molecule has 0 spiro atoms. The van der Waals surface area contributed by atoms with Crippen LogP contribution in [0.2, 0.25) is 0 Å². The lowest BCUT2D eigenvalue weighted by atomic mass is 9.70. The van der Waals surface area contributed by atoms with E-state index in [1.54, 1.807) is 19.2 Å². The number of rotatable bonds is 7. The van der Waals surface area contributed by atoms with Gasteiger partial charge in [-0.1, -0.05) is 31.4 Å². The maximum Gasteiger partial charge on any atom is 0.115 e. The zero-order chi connectivity index (χ0) is 14.3. The minimum absolute atomic E-state index is 0.352. The number of methoxy groups -OCH3 is 1. The number of hydrogen-bond donors (Lipinski definition) is 2. The van der Waals surface area contributed by atoms with Crippen LogP contribution in [-0.4, -0.2) is 31.9 Å². The number of nitrogens with one attached hydrogen (secondary N) is 1. The molecule has 1 saturated carbocycles. The van der Waals surface area contributed by atoms with Gasteiger partial charge in [0.25, 0.3) is 0 Å². The van der Waals surface area contributed by atoms with Crippen molar-refractivity contribution < 1.29 is 9.84 Å². The molecule has 1 fully saturated rings. The highest BCUT2D eigenvalue weighted by atomic mass is 16.5. The highest BCUT2D eigenvalue weighted by molar-refractivity contribution is 5.26. The minimum Gasteiger partial charge on any atom is -0.508 e. The molecule has 1 aliphatic carbocycles. The highest BCUT2D eigenvalue weighted by Gasteiger charge is 2.31.